The molecule has 8 rings (SSSR count). The van der Waals surface area contributed by atoms with Crippen LogP contribution in [-0.4, -0.2) is 247 Å². The predicted octanol–water partition coefficient (Wildman–Crippen LogP) is 9.78. The average molecular weight is 1870 g/mol. The number of thiol groups is 1. The number of primary amides is 1. The van der Waals surface area contributed by atoms with Gasteiger partial charge in [-0.15, -0.1) is 11.8 Å². The molecule has 42 heteroatoms. The van der Waals surface area contributed by atoms with E-state index >= 15 is 14.4 Å². The SMILES string of the molecule is C[C@H](OC(=O)[C@@H]1CCCN1C(=O)[C@H](CSSC(C)(C)C)NC(=O)[C@H](Cc1c[nH]c2ccccc12)NC(=O)[C@H](CCCCN(C)C)NC(=O)CNC(=O)[C@H](CSSC(C)(C)C)NC(=O)OCc1ccc(N=[N+]=[N-])cc1)C(=O)N[C@@H](CCCCNC(=O)C1CSCN1C(=O)OCc1ccc(N=[N+]=[N-])cc1)C(=O)N[C@@H](CC=[SH]Cc1ccccc1)C(=O)N1CCC[C@H]1C(N)=O. The van der Waals surface area contributed by atoms with Crippen molar-refractivity contribution < 1.29 is 76.5 Å². The summed E-state index contributed by atoms with van der Waals surface area (Å²) in [5, 5.41) is 31.9. The summed E-state index contributed by atoms with van der Waals surface area (Å²) in [5.41, 5.74) is 27.7. The van der Waals surface area contributed by atoms with Gasteiger partial charge in [0.1, 0.15) is 67.6 Å². The number of hydrogen-bond acceptors (Lipinski definition) is 24. The number of nitrogens with one attached hydrogen (secondary N) is 9. The zero-order valence-corrected chi connectivity index (χ0v) is 77.8. The monoisotopic (exact) mass is 1860 g/mol. The van der Waals surface area contributed by atoms with Gasteiger partial charge in [0.2, 0.25) is 53.2 Å². The van der Waals surface area contributed by atoms with Crippen LogP contribution in [0.25, 0.3) is 31.8 Å². The molecule has 36 nitrogen and oxygen atoms in total. The Morgan fingerprint density at radius 2 is 1.17 bits per heavy atom. The summed E-state index contributed by atoms with van der Waals surface area (Å²) in [6.45, 7) is 13.2. The van der Waals surface area contributed by atoms with Gasteiger partial charge < -0.3 is 82.2 Å². The lowest BCUT2D eigenvalue weighted by Gasteiger charge is -2.31. The molecular weight excluding hydrogens is 1750 g/mol. The Kier molecular flexibility index (Phi) is 41.5. The number of aromatic amines is 1. The van der Waals surface area contributed by atoms with Crippen molar-refractivity contribution in [1.82, 2.24) is 67.1 Å². The minimum atomic E-state index is -1.61. The molecule has 3 fully saturated rings. The summed E-state index contributed by atoms with van der Waals surface area (Å²) in [4.78, 5) is 200. The Bertz CT molecular complexity index is 4720. The number of nitrogens with zero attached hydrogens (tertiary/aromatic N) is 10. The van der Waals surface area contributed by atoms with Crippen molar-refractivity contribution in [2.24, 2.45) is 16.0 Å². The number of H-pyrrole nitrogens is 1. The minimum absolute atomic E-state index is 0.0193. The van der Waals surface area contributed by atoms with Crippen LogP contribution in [0.5, 0.6) is 0 Å². The highest BCUT2D eigenvalue weighted by Gasteiger charge is 2.43. The molecule has 688 valence electrons. The molecule has 3 aliphatic heterocycles. The number of ether oxygens (including phenoxy) is 3. The second kappa shape index (κ2) is 51.6. The Morgan fingerprint density at radius 3 is 1.79 bits per heavy atom. The summed E-state index contributed by atoms with van der Waals surface area (Å²) >= 11 is 2.17. The number of para-hydroxylation sites is 1. The number of benzene rings is 4. The minimum Gasteiger partial charge on any atom is -0.451 e. The molecular formula is C85H116N20O16S6. The van der Waals surface area contributed by atoms with Crippen LogP contribution in [0.3, 0.4) is 0 Å². The topological polar surface area (TPSA) is 498 Å². The van der Waals surface area contributed by atoms with Gasteiger partial charge >= 0.3 is 18.2 Å². The van der Waals surface area contributed by atoms with E-state index in [1.165, 1.54) is 76.6 Å². The number of carbonyl (C=O) groups is 13. The fraction of sp³-hybridized carbons (Fsp3) is 0.529. The number of hydrogen-bond donors (Lipinski definition) is 11. The van der Waals surface area contributed by atoms with Crippen molar-refractivity contribution in [2.45, 2.75) is 214 Å². The van der Waals surface area contributed by atoms with Gasteiger partial charge in [-0.1, -0.05) is 197 Å². The van der Waals surface area contributed by atoms with Crippen LogP contribution in [0.2, 0.25) is 0 Å². The van der Waals surface area contributed by atoms with Crippen LogP contribution in [0.4, 0.5) is 21.0 Å². The summed E-state index contributed by atoms with van der Waals surface area (Å²) in [7, 11) is 9.30. The maximum absolute atomic E-state index is 15.4. The molecule has 10 atom stereocenters. The molecule has 0 aliphatic carbocycles. The fourth-order valence-corrected chi connectivity index (χ4v) is 20.7. The number of esters is 1. The largest absolute Gasteiger partial charge is 0.451 e. The van der Waals surface area contributed by atoms with E-state index in [-0.39, 0.29) is 110 Å². The van der Waals surface area contributed by atoms with E-state index in [1.54, 1.807) is 54.7 Å². The molecule has 1 aromatic heterocycles. The number of aromatic nitrogens is 1. The normalized spacial score (nSPS) is 16.8. The summed E-state index contributed by atoms with van der Waals surface area (Å²) in [5.74, 6) is -7.04. The van der Waals surface area contributed by atoms with Gasteiger partial charge in [-0.25, -0.2) is 14.4 Å². The van der Waals surface area contributed by atoms with Gasteiger partial charge in [0.15, 0.2) is 6.10 Å². The highest BCUT2D eigenvalue weighted by atomic mass is 33.1. The third-order valence-corrected chi connectivity index (χ3v) is 28.9. The van der Waals surface area contributed by atoms with Gasteiger partial charge in [0, 0.05) is 96.9 Å². The van der Waals surface area contributed by atoms with Crippen molar-refractivity contribution >= 4 is 171 Å². The van der Waals surface area contributed by atoms with Crippen LogP contribution in [0.1, 0.15) is 141 Å². The highest BCUT2D eigenvalue weighted by molar-refractivity contribution is 8.77. The Hall–Kier alpha value is -10.3. The van der Waals surface area contributed by atoms with E-state index in [4.69, 9.17) is 31.0 Å². The molecule has 3 aliphatic rings. The van der Waals surface area contributed by atoms with Crippen LogP contribution < -0.4 is 48.3 Å². The zero-order chi connectivity index (χ0) is 92.2. The van der Waals surface area contributed by atoms with Crippen molar-refractivity contribution in [3.05, 3.63) is 152 Å². The first-order valence-electron chi connectivity index (χ1n) is 41.9. The third-order valence-electron chi connectivity index (χ3n) is 20.2. The van der Waals surface area contributed by atoms with Gasteiger partial charge in [0.25, 0.3) is 5.91 Å². The number of azide groups is 2. The third kappa shape index (κ3) is 34.3. The molecule has 1 unspecified atom stereocenters. The standard InChI is InChI=1S/C85H116N20O16S6/c1-53(73(108)93-63(76(111)94-64(37-42-122-48-56-21-11-10-12-22-56)79(114)103-40-19-27-68(103)72(86)107)25-15-17-38-89-78(113)70-51-123-52-105(70)83(118)120-47-55-31-35-59(36-32-55)99-101-88)121-81(116)69-28-20-41-104(69)80(115)67(50-125-127-85(5,6)7)96-77(112)65(43-57-44-90-61-24-14-13-23-60(57)61)95-75(110)62(26-16-18-39-102(8)9)92-71(106)45-91-74(109)66(49-124-126-84(2,3)4)97-82(117)119-46-54-29-33-58(34-30-54)98-100-87/h10-14,21-24,29-36,42,44,53,62-70,90,122H,15-20,25-28,37-41,43,45-52H2,1-9H3,(H2,86,107)(H,89,113)(H,91,109)(H,92,106)(H,93,108)(H,94,111)(H,95,110)(H,96,112)(H,97,117)/t53-,62-,63-,64-,65-,66-,67-,68-,69-,70?/m0/s1. The van der Waals surface area contributed by atoms with Crippen molar-refractivity contribution in [1.29, 1.82) is 0 Å². The van der Waals surface area contributed by atoms with E-state index < -0.39 is 144 Å². The van der Waals surface area contributed by atoms with Crippen LogP contribution in [0, 0.1) is 0 Å². The molecule has 0 saturated carbocycles. The first kappa shape index (κ1) is 102. The number of alkyl carbamates (subject to hydrolysis) is 1. The molecule has 0 spiro atoms. The number of likely N-dealkylation sites (tertiary alicyclic amines) is 2. The molecule has 127 heavy (non-hydrogen) atoms. The smallest absolute Gasteiger partial charge is 0.411 e. The van der Waals surface area contributed by atoms with E-state index in [9.17, 15) is 47.9 Å². The van der Waals surface area contributed by atoms with Gasteiger partial charge in [0.05, 0.1) is 12.4 Å². The van der Waals surface area contributed by atoms with Gasteiger partial charge in [-0.05, 0) is 138 Å². The molecule has 3 saturated heterocycles. The number of rotatable bonds is 47. The second-order valence-electron chi connectivity index (χ2n) is 32.8. The first-order chi connectivity index (χ1) is 60.7. The molecule has 12 amide bonds. The fourth-order valence-electron chi connectivity index (χ4n) is 13.7. The molecule has 4 heterocycles. The van der Waals surface area contributed by atoms with Crippen LogP contribution in [0.15, 0.2) is 120 Å². The van der Waals surface area contributed by atoms with Gasteiger partial charge in [-0.2, -0.15) is 11.4 Å². The van der Waals surface area contributed by atoms with Crippen molar-refractivity contribution in [3.63, 3.8) is 0 Å². The number of thioether (sulfide) groups is 1. The first-order valence-corrected chi connectivity index (χ1v) is 48.8. The molecule has 0 radical (unpaired) electrons. The number of fused-ring (bicyclic) bond motifs is 1. The van der Waals surface area contributed by atoms with E-state index in [2.05, 4.69) is 67.6 Å². The summed E-state index contributed by atoms with van der Waals surface area (Å²) in [6, 6.07) is 18.8. The lowest BCUT2D eigenvalue weighted by molar-refractivity contribution is -0.162. The zero-order valence-electron chi connectivity index (χ0n) is 72.8. The quantitative estimate of drug-likeness (QED) is 0.00198. The maximum atomic E-state index is 15.4. The Morgan fingerprint density at radius 1 is 0.614 bits per heavy atom. The van der Waals surface area contributed by atoms with E-state index in [1.807, 2.05) is 121 Å². The molecule has 0 bridgehead atoms. The lowest BCUT2D eigenvalue weighted by atomic mass is 10.0. The summed E-state index contributed by atoms with van der Waals surface area (Å²) < 4.78 is 16.3. The number of amides is 12. The van der Waals surface area contributed by atoms with E-state index in [0.717, 1.165) is 27.8 Å². The Balaban J connectivity index is 0.974. The molecule has 11 N–H and O–H groups in total. The van der Waals surface area contributed by atoms with Crippen molar-refractivity contribution in [2.75, 3.05) is 70.0 Å². The molecule has 4 aromatic carbocycles. The maximum Gasteiger partial charge on any atom is 0.411 e. The predicted molar refractivity (Wildman–Crippen MR) is 498 cm³/mol. The molecule has 5 aromatic rings. The Labute approximate surface area is 762 Å². The lowest BCUT2D eigenvalue weighted by Crippen LogP contribution is -2.59. The van der Waals surface area contributed by atoms with Crippen LogP contribution >= 0.6 is 66.3 Å². The number of unbranched alkanes of at least 4 members (excludes halogenated alkanes) is 2. The summed E-state index contributed by atoms with van der Waals surface area (Å²) in [6.07, 6.45) is 1.03. The van der Waals surface area contributed by atoms with Crippen molar-refractivity contribution in [3.8, 4) is 0 Å². The number of nitrogens with two attached hydrogens (primary N) is 1. The number of carbonyl (C=O) groups excluding carboxylic acids is 13. The van der Waals surface area contributed by atoms with Crippen LogP contribution in [-0.2, 0) is 92.3 Å². The second-order valence-corrected chi connectivity index (χ2v) is 41.2. The average Bonchev–Trinajstić information content (AvgIpc) is 1.70. The van der Waals surface area contributed by atoms with Gasteiger partial charge in [-0.3, -0.25) is 52.8 Å². The van der Waals surface area contributed by atoms with E-state index in [0.29, 0.717) is 72.5 Å². The highest BCUT2D eigenvalue weighted by Crippen LogP contribution is 2.37.